The fourth-order valence-electron chi connectivity index (χ4n) is 3.59. The average molecular weight is 212 g/mol. The molecule has 3 aliphatic rings. The van der Waals surface area contributed by atoms with Gasteiger partial charge in [0.15, 0.2) is 0 Å². The summed E-state index contributed by atoms with van der Waals surface area (Å²) in [4.78, 5) is 0. The highest BCUT2D eigenvalue weighted by Gasteiger charge is 2.51. The molecule has 2 bridgehead atoms. The van der Waals surface area contributed by atoms with Crippen LogP contribution in [0.5, 0.6) is 0 Å². The molecule has 0 amide bonds. The van der Waals surface area contributed by atoms with Gasteiger partial charge in [0.25, 0.3) is 0 Å². The molecule has 0 spiro atoms. The maximum atomic E-state index is 2.45. The lowest BCUT2D eigenvalue weighted by Gasteiger charge is -2.58. The van der Waals surface area contributed by atoms with Gasteiger partial charge in [0.05, 0.1) is 0 Å². The normalized spacial score (nSPS) is 33.5. The van der Waals surface area contributed by atoms with E-state index in [-0.39, 0.29) is 0 Å². The fraction of sp³-hybridized carbons (Fsp3) is 0.500. The van der Waals surface area contributed by atoms with E-state index in [1.54, 1.807) is 5.57 Å². The number of hydrogen-bond donors (Lipinski definition) is 0. The first-order chi connectivity index (χ1) is 7.68. The first-order valence-electron chi connectivity index (χ1n) is 6.43. The molecule has 4 rings (SSSR count). The second-order valence-corrected chi connectivity index (χ2v) is 5.98. The molecule has 3 saturated carbocycles. The molecule has 1 aromatic rings. The van der Waals surface area contributed by atoms with E-state index in [1.807, 2.05) is 0 Å². The molecule has 2 atom stereocenters. The Morgan fingerprint density at radius 2 is 1.94 bits per heavy atom. The summed E-state index contributed by atoms with van der Waals surface area (Å²) in [5.74, 6) is 1.84. The smallest absolute Gasteiger partial charge is 0.0143 e. The summed E-state index contributed by atoms with van der Waals surface area (Å²) in [5.41, 5.74) is 3.64. The van der Waals surface area contributed by atoms with Crippen LogP contribution in [0.25, 0.3) is 6.08 Å². The van der Waals surface area contributed by atoms with Crippen molar-refractivity contribution in [3.63, 3.8) is 0 Å². The van der Waals surface area contributed by atoms with Crippen molar-refractivity contribution in [2.75, 3.05) is 0 Å². The largest absolute Gasteiger partial charge is 0.0660 e. The van der Waals surface area contributed by atoms with E-state index in [2.05, 4.69) is 50.3 Å². The van der Waals surface area contributed by atoms with Crippen molar-refractivity contribution in [1.29, 1.82) is 0 Å². The Kier molecular flexibility index (Phi) is 2.20. The van der Waals surface area contributed by atoms with Crippen LogP contribution in [0.4, 0.5) is 0 Å². The van der Waals surface area contributed by atoms with Crippen molar-refractivity contribution in [2.45, 2.75) is 33.1 Å². The first-order valence-corrected chi connectivity index (χ1v) is 6.43. The minimum absolute atomic E-state index is 0.568. The zero-order valence-electron chi connectivity index (χ0n) is 10.2. The molecular weight excluding hydrogens is 192 g/mol. The summed E-state index contributed by atoms with van der Waals surface area (Å²) in [6, 6.07) is 10.8. The van der Waals surface area contributed by atoms with Crippen LogP contribution in [0, 0.1) is 17.3 Å². The highest BCUT2D eigenvalue weighted by Crippen LogP contribution is 2.61. The van der Waals surface area contributed by atoms with Gasteiger partial charge in [-0.25, -0.2) is 0 Å². The lowest BCUT2D eigenvalue weighted by molar-refractivity contribution is -0.0268. The van der Waals surface area contributed by atoms with Crippen LogP contribution in [0.3, 0.4) is 0 Å². The Bertz CT molecular complexity index is 409. The predicted octanol–water partition coefficient (Wildman–Crippen LogP) is 4.53. The Balaban J connectivity index is 1.88. The SMILES string of the molecule is CC1(C)C2CCC(=Cc3ccccc3)C1C2. The summed E-state index contributed by atoms with van der Waals surface area (Å²) in [6.45, 7) is 4.90. The van der Waals surface area contributed by atoms with Crippen molar-refractivity contribution < 1.29 is 0 Å². The third-order valence-electron chi connectivity index (χ3n) is 4.85. The van der Waals surface area contributed by atoms with Crippen LogP contribution in [-0.2, 0) is 0 Å². The summed E-state index contributed by atoms with van der Waals surface area (Å²) >= 11 is 0. The standard InChI is InChI=1S/C16H20/c1-16(2)14-9-8-13(15(16)11-14)10-12-6-4-3-5-7-12/h3-7,10,14-15H,8-9,11H2,1-2H3. The van der Waals surface area contributed by atoms with E-state index >= 15 is 0 Å². The summed E-state index contributed by atoms with van der Waals surface area (Å²) in [5, 5.41) is 0. The van der Waals surface area contributed by atoms with Crippen LogP contribution in [0.1, 0.15) is 38.7 Å². The molecule has 0 heteroatoms. The van der Waals surface area contributed by atoms with Crippen LogP contribution in [-0.4, -0.2) is 0 Å². The van der Waals surface area contributed by atoms with Gasteiger partial charge in [-0.05, 0) is 42.1 Å². The Morgan fingerprint density at radius 1 is 1.19 bits per heavy atom. The quantitative estimate of drug-likeness (QED) is 0.641. The fourth-order valence-corrected chi connectivity index (χ4v) is 3.59. The molecule has 3 fully saturated rings. The lowest BCUT2D eigenvalue weighted by atomic mass is 9.47. The number of rotatable bonds is 1. The minimum atomic E-state index is 0.568. The van der Waals surface area contributed by atoms with E-state index in [9.17, 15) is 0 Å². The van der Waals surface area contributed by atoms with Gasteiger partial charge < -0.3 is 0 Å². The maximum Gasteiger partial charge on any atom is -0.0143 e. The topological polar surface area (TPSA) is 0 Å². The molecule has 0 N–H and O–H groups in total. The zero-order chi connectivity index (χ0) is 11.2. The minimum Gasteiger partial charge on any atom is -0.0660 e. The van der Waals surface area contributed by atoms with Gasteiger partial charge in [-0.3, -0.25) is 0 Å². The lowest BCUT2D eigenvalue weighted by Crippen LogP contribution is -2.49. The molecule has 0 heterocycles. The van der Waals surface area contributed by atoms with E-state index in [4.69, 9.17) is 0 Å². The molecule has 0 saturated heterocycles. The van der Waals surface area contributed by atoms with Gasteiger partial charge in [0, 0.05) is 0 Å². The van der Waals surface area contributed by atoms with Crippen LogP contribution in [0.15, 0.2) is 35.9 Å². The number of fused-ring (bicyclic) bond motifs is 2. The Hall–Kier alpha value is -1.04. The summed E-state index contributed by atoms with van der Waals surface area (Å²) < 4.78 is 0. The second-order valence-electron chi connectivity index (χ2n) is 5.98. The Morgan fingerprint density at radius 3 is 2.56 bits per heavy atom. The van der Waals surface area contributed by atoms with E-state index in [0.29, 0.717) is 5.41 Å². The van der Waals surface area contributed by atoms with Gasteiger partial charge in [0.1, 0.15) is 0 Å². The summed E-state index contributed by atoms with van der Waals surface area (Å²) in [6.07, 6.45) is 6.60. The molecule has 2 unspecified atom stereocenters. The first kappa shape index (κ1) is 10.1. The molecule has 0 radical (unpaired) electrons. The van der Waals surface area contributed by atoms with Gasteiger partial charge >= 0.3 is 0 Å². The van der Waals surface area contributed by atoms with Crippen LogP contribution < -0.4 is 0 Å². The molecule has 16 heavy (non-hydrogen) atoms. The van der Waals surface area contributed by atoms with Crippen molar-refractivity contribution in [2.24, 2.45) is 17.3 Å². The monoisotopic (exact) mass is 212 g/mol. The highest BCUT2D eigenvalue weighted by atomic mass is 14.6. The molecule has 1 aromatic carbocycles. The molecular formula is C16H20. The van der Waals surface area contributed by atoms with Gasteiger partial charge in [-0.1, -0.05) is 55.8 Å². The van der Waals surface area contributed by atoms with Crippen molar-refractivity contribution in [3.05, 3.63) is 41.5 Å². The molecule has 84 valence electrons. The summed E-state index contributed by atoms with van der Waals surface area (Å²) in [7, 11) is 0. The molecule has 0 aliphatic heterocycles. The van der Waals surface area contributed by atoms with Crippen molar-refractivity contribution in [1.82, 2.24) is 0 Å². The number of allylic oxidation sites excluding steroid dienone is 1. The third kappa shape index (κ3) is 1.43. The van der Waals surface area contributed by atoms with E-state index in [0.717, 1.165) is 11.8 Å². The van der Waals surface area contributed by atoms with Gasteiger partial charge in [-0.2, -0.15) is 0 Å². The molecule has 3 aliphatic carbocycles. The predicted molar refractivity (Wildman–Crippen MR) is 69.0 cm³/mol. The number of hydrogen-bond acceptors (Lipinski definition) is 0. The van der Waals surface area contributed by atoms with Crippen LogP contribution in [0.2, 0.25) is 0 Å². The van der Waals surface area contributed by atoms with E-state index < -0.39 is 0 Å². The zero-order valence-corrected chi connectivity index (χ0v) is 10.2. The molecule has 0 nitrogen and oxygen atoms in total. The van der Waals surface area contributed by atoms with E-state index in [1.165, 1.54) is 24.8 Å². The molecule has 0 aromatic heterocycles. The third-order valence-corrected chi connectivity index (χ3v) is 4.85. The van der Waals surface area contributed by atoms with Gasteiger partial charge in [0.2, 0.25) is 0 Å². The number of benzene rings is 1. The van der Waals surface area contributed by atoms with Gasteiger partial charge in [-0.15, -0.1) is 0 Å². The Labute approximate surface area is 98.4 Å². The van der Waals surface area contributed by atoms with Crippen molar-refractivity contribution >= 4 is 6.08 Å². The van der Waals surface area contributed by atoms with Crippen LogP contribution >= 0.6 is 0 Å². The average Bonchev–Trinajstić information content (AvgIpc) is 2.30. The maximum absolute atomic E-state index is 2.45. The highest BCUT2D eigenvalue weighted by molar-refractivity contribution is 5.54. The second kappa shape index (κ2) is 3.48. The van der Waals surface area contributed by atoms with Crippen molar-refractivity contribution in [3.8, 4) is 0 Å².